The summed E-state index contributed by atoms with van der Waals surface area (Å²) in [4.78, 5) is 14.4. The molecule has 0 aromatic heterocycles. The van der Waals surface area contributed by atoms with Crippen molar-refractivity contribution >= 4 is 17.9 Å². The molecule has 1 heterocycles. The summed E-state index contributed by atoms with van der Waals surface area (Å²) >= 11 is 1.67. The molecule has 120 valence electrons. The Hall–Kier alpha value is -1.98. The molecule has 2 aromatic carbocycles. The molecule has 2 aromatic rings. The van der Waals surface area contributed by atoms with Crippen LogP contribution in [0.1, 0.15) is 5.56 Å². The van der Waals surface area contributed by atoms with Crippen LogP contribution in [0.2, 0.25) is 0 Å². The van der Waals surface area contributed by atoms with Gasteiger partial charge in [0, 0.05) is 17.2 Å². The Morgan fingerprint density at radius 1 is 1.17 bits per heavy atom. The van der Waals surface area contributed by atoms with Gasteiger partial charge >= 0.3 is 6.09 Å². The Labute approximate surface area is 140 Å². The molecule has 0 radical (unpaired) electrons. The van der Waals surface area contributed by atoms with E-state index in [1.807, 2.05) is 60.7 Å². The van der Waals surface area contributed by atoms with Crippen LogP contribution in [0.3, 0.4) is 0 Å². The fourth-order valence-electron chi connectivity index (χ4n) is 2.48. The van der Waals surface area contributed by atoms with Gasteiger partial charge in [-0.25, -0.2) is 4.79 Å². The van der Waals surface area contributed by atoms with Gasteiger partial charge in [0.1, 0.15) is 6.10 Å². The summed E-state index contributed by atoms with van der Waals surface area (Å²) in [6.45, 7) is 1.02. The van der Waals surface area contributed by atoms with Crippen LogP contribution >= 0.6 is 11.8 Å². The van der Waals surface area contributed by atoms with Crippen LogP contribution in [-0.2, 0) is 11.3 Å². The van der Waals surface area contributed by atoms with Crippen LogP contribution in [0.4, 0.5) is 4.79 Å². The lowest BCUT2D eigenvalue weighted by Crippen LogP contribution is -2.44. The first-order valence-corrected chi connectivity index (χ1v) is 8.55. The van der Waals surface area contributed by atoms with E-state index in [4.69, 9.17) is 4.74 Å². The summed E-state index contributed by atoms with van der Waals surface area (Å²) < 4.78 is 5.41. The second-order valence-corrected chi connectivity index (χ2v) is 6.55. The van der Waals surface area contributed by atoms with E-state index in [1.165, 1.54) is 4.90 Å². The van der Waals surface area contributed by atoms with Crippen molar-refractivity contribution < 1.29 is 14.6 Å². The molecule has 0 unspecified atom stereocenters. The number of amides is 1. The van der Waals surface area contributed by atoms with Crippen LogP contribution in [0, 0.1) is 0 Å². The average molecular weight is 329 g/mol. The third-order valence-electron chi connectivity index (χ3n) is 3.79. The largest absolute Gasteiger partial charge is 0.465 e. The maximum absolute atomic E-state index is 11.7. The Kier molecular flexibility index (Phi) is 5.20. The molecule has 4 nitrogen and oxygen atoms in total. The van der Waals surface area contributed by atoms with Gasteiger partial charge in [-0.1, -0.05) is 48.5 Å². The monoisotopic (exact) mass is 329 g/mol. The predicted octanol–water partition coefficient (Wildman–Crippen LogP) is 3.73. The molecule has 5 heteroatoms. The number of rotatable bonds is 7. The van der Waals surface area contributed by atoms with Crippen LogP contribution in [0.15, 0.2) is 65.6 Å². The number of carbonyl (C=O) groups is 1. The first kappa shape index (κ1) is 15.9. The SMILES string of the molecule is O=C(O)N(Cc1ccccc1)[C@@H](CSc1ccccc1)[C@H]1CO1. The molecule has 1 amide bonds. The van der Waals surface area contributed by atoms with E-state index >= 15 is 0 Å². The molecule has 1 saturated heterocycles. The minimum atomic E-state index is -0.900. The van der Waals surface area contributed by atoms with Crippen molar-refractivity contribution in [2.24, 2.45) is 0 Å². The van der Waals surface area contributed by atoms with Crippen molar-refractivity contribution in [3.05, 3.63) is 66.2 Å². The van der Waals surface area contributed by atoms with Crippen LogP contribution < -0.4 is 0 Å². The van der Waals surface area contributed by atoms with Gasteiger partial charge in [0.2, 0.25) is 0 Å². The van der Waals surface area contributed by atoms with E-state index in [1.54, 1.807) is 11.8 Å². The van der Waals surface area contributed by atoms with E-state index in [2.05, 4.69) is 0 Å². The standard InChI is InChI=1S/C18H19NO3S/c20-18(21)19(11-14-7-3-1-4-8-14)16(17-12-22-17)13-23-15-9-5-2-6-10-15/h1-10,16-17H,11-13H2,(H,20,21)/t16-,17+/m0/s1. The van der Waals surface area contributed by atoms with Crippen molar-refractivity contribution in [1.29, 1.82) is 0 Å². The molecule has 0 aliphatic carbocycles. The van der Waals surface area contributed by atoms with E-state index in [-0.39, 0.29) is 12.1 Å². The van der Waals surface area contributed by atoms with Crippen molar-refractivity contribution in [1.82, 2.24) is 4.90 Å². The zero-order valence-corrected chi connectivity index (χ0v) is 13.5. The average Bonchev–Trinajstić information content (AvgIpc) is 3.41. The lowest BCUT2D eigenvalue weighted by atomic mass is 10.1. The maximum Gasteiger partial charge on any atom is 0.407 e. The number of epoxide rings is 1. The summed E-state index contributed by atoms with van der Waals surface area (Å²) in [5, 5.41) is 9.64. The zero-order chi connectivity index (χ0) is 16.1. The molecule has 1 aliphatic heterocycles. The number of ether oxygens (including phenoxy) is 1. The number of hydrogen-bond acceptors (Lipinski definition) is 3. The number of hydrogen-bond donors (Lipinski definition) is 1. The zero-order valence-electron chi connectivity index (χ0n) is 12.7. The highest BCUT2D eigenvalue weighted by atomic mass is 32.2. The second kappa shape index (κ2) is 7.53. The molecule has 0 bridgehead atoms. The van der Waals surface area contributed by atoms with Crippen molar-refractivity contribution in [3.63, 3.8) is 0 Å². The third kappa shape index (κ3) is 4.50. The lowest BCUT2D eigenvalue weighted by Gasteiger charge is -2.28. The first-order chi connectivity index (χ1) is 11.2. The van der Waals surface area contributed by atoms with E-state index in [0.29, 0.717) is 18.9 Å². The van der Waals surface area contributed by atoms with E-state index < -0.39 is 6.09 Å². The Morgan fingerprint density at radius 2 is 1.78 bits per heavy atom. The number of carboxylic acid groups (broad SMARTS) is 1. The molecule has 3 rings (SSSR count). The molecule has 1 N–H and O–H groups in total. The number of nitrogens with zero attached hydrogens (tertiary/aromatic N) is 1. The van der Waals surface area contributed by atoms with Crippen molar-refractivity contribution in [2.75, 3.05) is 12.4 Å². The van der Waals surface area contributed by atoms with Crippen molar-refractivity contribution in [2.45, 2.75) is 23.6 Å². The van der Waals surface area contributed by atoms with Crippen LogP contribution in [-0.4, -0.2) is 40.6 Å². The van der Waals surface area contributed by atoms with Crippen LogP contribution in [0.5, 0.6) is 0 Å². The van der Waals surface area contributed by atoms with Gasteiger partial charge in [0.05, 0.1) is 12.6 Å². The smallest absolute Gasteiger partial charge is 0.407 e. The van der Waals surface area contributed by atoms with Gasteiger partial charge in [-0.15, -0.1) is 11.8 Å². The van der Waals surface area contributed by atoms with Crippen LogP contribution in [0.25, 0.3) is 0 Å². The molecule has 1 aliphatic rings. The molecule has 0 spiro atoms. The van der Waals surface area contributed by atoms with Gasteiger partial charge in [-0.05, 0) is 17.7 Å². The lowest BCUT2D eigenvalue weighted by molar-refractivity contribution is 0.116. The number of thioether (sulfide) groups is 1. The molecule has 2 atom stereocenters. The fraction of sp³-hybridized carbons (Fsp3) is 0.278. The van der Waals surface area contributed by atoms with E-state index in [0.717, 1.165) is 10.5 Å². The molecule has 1 fully saturated rings. The predicted molar refractivity (Wildman–Crippen MR) is 90.7 cm³/mol. The molecular formula is C18H19NO3S. The summed E-state index contributed by atoms with van der Waals surface area (Å²) in [7, 11) is 0. The third-order valence-corrected chi connectivity index (χ3v) is 4.91. The van der Waals surface area contributed by atoms with Crippen molar-refractivity contribution in [3.8, 4) is 0 Å². The normalized spacial score (nSPS) is 17.5. The number of benzene rings is 2. The molecular weight excluding hydrogens is 310 g/mol. The second-order valence-electron chi connectivity index (χ2n) is 5.46. The minimum absolute atomic E-state index is 0.00558. The summed E-state index contributed by atoms with van der Waals surface area (Å²) in [5.41, 5.74) is 0.991. The highest BCUT2D eigenvalue weighted by Gasteiger charge is 2.39. The van der Waals surface area contributed by atoms with Gasteiger partial charge in [-0.3, -0.25) is 4.90 Å². The summed E-state index contributed by atoms with van der Waals surface area (Å²) in [5.74, 6) is 0.688. The van der Waals surface area contributed by atoms with E-state index in [9.17, 15) is 9.90 Å². The fourth-order valence-corrected chi connectivity index (χ4v) is 3.59. The maximum atomic E-state index is 11.7. The van der Waals surface area contributed by atoms with Gasteiger partial charge in [-0.2, -0.15) is 0 Å². The molecule has 0 saturated carbocycles. The van der Waals surface area contributed by atoms with Gasteiger partial charge in [0.25, 0.3) is 0 Å². The summed E-state index contributed by atoms with van der Waals surface area (Å²) in [6, 6.07) is 19.6. The Bertz CT molecular complexity index is 631. The quantitative estimate of drug-likeness (QED) is 0.621. The minimum Gasteiger partial charge on any atom is -0.465 e. The summed E-state index contributed by atoms with van der Waals surface area (Å²) in [6.07, 6.45) is -0.894. The Balaban J connectivity index is 1.70. The Morgan fingerprint density at radius 3 is 2.35 bits per heavy atom. The van der Waals surface area contributed by atoms with Gasteiger partial charge in [0.15, 0.2) is 0 Å². The topological polar surface area (TPSA) is 53.1 Å². The molecule has 23 heavy (non-hydrogen) atoms. The first-order valence-electron chi connectivity index (χ1n) is 7.57. The van der Waals surface area contributed by atoms with Gasteiger partial charge < -0.3 is 9.84 Å². The highest BCUT2D eigenvalue weighted by Crippen LogP contribution is 2.28. The highest BCUT2D eigenvalue weighted by molar-refractivity contribution is 7.99.